The molecule has 0 aromatic carbocycles. The van der Waals surface area contributed by atoms with Crippen molar-refractivity contribution >= 4 is 29.3 Å². The van der Waals surface area contributed by atoms with Crippen molar-refractivity contribution < 1.29 is 0 Å². The first-order valence-electron chi connectivity index (χ1n) is 2.38. The maximum atomic E-state index is 7.03. The van der Waals surface area contributed by atoms with Crippen molar-refractivity contribution in [3.63, 3.8) is 0 Å². The molecule has 0 spiro atoms. The summed E-state index contributed by atoms with van der Waals surface area (Å²) < 4.78 is 2.81. The van der Waals surface area contributed by atoms with Gasteiger partial charge < -0.3 is 10.1 Å². The Kier molecular flexibility index (Phi) is 4.62. The van der Waals surface area contributed by atoms with Gasteiger partial charge in [-0.3, -0.25) is 0 Å². The molecule has 0 amide bonds. The van der Waals surface area contributed by atoms with Gasteiger partial charge in [-0.1, -0.05) is 23.5 Å². The van der Waals surface area contributed by atoms with Crippen molar-refractivity contribution in [1.82, 2.24) is 4.72 Å². The Morgan fingerprint density at radius 2 is 2.33 bits per heavy atom. The summed E-state index contributed by atoms with van der Waals surface area (Å²) in [4.78, 5) is 0. The average molecular weight is 165 g/mol. The molecule has 0 aromatic rings. The van der Waals surface area contributed by atoms with Crippen LogP contribution < -0.4 is 4.72 Å². The second kappa shape index (κ2) is 4.70. The highest BCUT2D eigenvalue weighted by atomic mass is 35.5. The summed E-state index contributed by atoms with van der Waals surface area (Å²) in [5.41, 5.74) is 0.373. The first kappa shape index (κ1) is 8.85. The van der Waals surface area contributed by atoms with E-state index in [-0.39, 0.29) is 0 Å². The van der Waals surface area contributed by atoms with Gasteiger partial charge in [0.1, 0.15) is 0 Å². The number of hydrogen-bond donors (Lipinski definition) is 2. The van der Waals surface area contributed by atoms with E-state index in [2.05, 4.69) is 4.72 Å². The summed E-state index contributed by atoms with van der Waals surface area (Å²) in [5, 5.41) is 7.48. The van der Waals surface area contributed by atoms with Crippen molar-refractivity contribution in [2.24, 2.45) is 0 Å². The zero-order valence-corrected chi connectivity index (χ0v) is 6.94. The first-order valence-corrected chi connectivity index (χ1v) is 3.98. The van der Waals surface area contributed by atoms with Crippen LogP contribution in [-0.2, 0) is 0 Å². The van der Waals surface area contributed by atoms with Crippen LogP contribution in [0.2, 0.25) is 0 Å². The summed E-state index contributed by atoms with van der Waals surface area (Å²) in [7, 11) is 0. The maximum Gasteiger partial charge on any atom is 0.0776 e. The zero-order valence-electron chi connectivity index (χ0n) is 5.36. The van der Waals surface area contributed by atoms with E-state index < -0.39 is 0 Å². The Labute approximate surface area is 64.3 Å². The van der Waals surface area contributed by atoms with Gasteiger partial charge in [0.15, 0.2) is 0 Å². The lowest BCUT2D eigenvalue weighted by Gasteiger charge is -1.94. The lowest BCUT2D eigenvalue weighted by Crippen LogP contribution is -1.95. The van der Waals surface area contributed by atoms with E-state index in [4.69, 9.17) is 17.0 Å². The van der Waals surface area contributed by atoms with Crippen molar-refractivity contribution in [3.05, 3.63) is 11.2 Å². The fourth-order valence-electron chi connectivity index (χ4n) is 0.219. The molecule has 0 heterocycles. The summed E-state index contributed by atoms with van der Waals surface area (Å²) >= 11 is 7.00. The van der Waals surface area contributed by atoms with E-state index in [0.717, 1.165) is 0 Å². The van der Waals surface area contributed by atoms with Crippen molar-refractivity contribution in [1.29, 1.82) is 5.41 Å². The molecule has 0 rings (SSSR count). The smallest absolute Gasteiger partial charge is 0.0776 e. The van der Waals surface area contributed by atoms with E-state index in [1.165, 1.54) is 11.9 Å². The van der Waals surface area contributed by atoms with Crippen LogP contribution in [0.5, 0.6) is 0 Å². The van der Waals surface area contributed by atoms with E-state index in [1.807, 2.05) is 6.26 Å². The molecule has 0 bridgehead atoms. The Hall–Kier alpha value is -0.150. The lowest BCUT2D eigenvalue weighted by atomic mass is 10.4. The van der Waals surface area contributed by atoms with Gasteiger partial charge in [0, 0.05) is 18.2 Å². The topological polar surface area (TPSA) is 35.9 Å². The Bertz CT molecular complexity index is 133. The maximum absolute atomic E-state index is 7.03. The normalized spacial score (nSPS) is 11.2. The summed E-state index contributed by atoms with van der Waals surface area (Å²) in [6, 6.07) is 0. The van der Waals surface area contributed by atoms with Gasteiger partial charge in [-0.05, 0) is 6.92 Å². The predicted octanol–water partition coefficient (Wildman–Crippen LogP) is 1.97. The lowest BCUT2D eigenvalue weighted by molar-refractivity contribution is 1.40. The van der Waals surface area contributed by atoms with Gasteiger partial charge in [-0.15, -0.1) is 0 Å². The van der Waals surface area contributed by atoms with Crippen LogP contribution in [0, 0.1) is 5.41 Å². The van der Waals surface area contributed by atoms with E-state index in [0.29, 0.717) is 10.7 Å². The monoisotopic (exact) mass is 164 g/mol. The molecule has 0 fully saturated rings. The van der Waals surface area contributed by atoms with Crippen LogP contribution in [0.15, 0.2) is 11.2 Å². The molecule has 0 radical (unpaired) electrons. The third kappa shape index (κ3) is 4.36. The second-order valence-corrected chi connectivity index (χ2v) is 2.49. The molecule has 0 atom stereocenters. The van der Waals surface area contributed by atoms with E-state index >= 15 is 0 Å². The average Bonchev–Trinajstić information content (AvgIpc) is 1.82. The molecule has 2 N–H and O–H groups in total. The van der Waals surface area contributed by atoms with Gasteiger partial charge in [-0.25, -0.2) is 0 Å². The number of nitrogens with one attached hydrogen (secondary N) is 2. The molecule has 0 saturated carbocycles. The third-order valence-corrected chi connectivity index (χ3v) is 1.41. The summed E-state index contributed by atoms with van der Waals surface area (Å²) in [6.07, 6.45) is 3.48. The van der Waals surface area contributed by atoms with E-state index in [9.17, 15) is 0 Å². The quantitative estimate of drug-likeness (QED) is 0.494. The predicted molar refractivity (Wildman–Crippen MR) is 44.0 cm³/mol. The van der Waals surface area contributed by atoms with Crippen molar-refractivity contribution in [3.8, 4) is 0 Å². The van der Waals surface area contributed by atoms with Gasteiger partial charge >= 0.3 is 0 Å². The van der Waals surface area contributed by atoms with Crippen LogP contribution in [0.3, 0.4) is 0 Å². The number of rotatable bonds is 3. The number of halogens is 1. The standard InChI is InChI=1S/C5H9ClN2S/c1-4(7)5(6)3-8-9-2/h3,7-8H,1-2H3/b5-3+,7-4?. The third-order valence-electron chi connectivity index (χ3n) is 0.662. The van der Waals surface area contributed by atoms with Gasteiger partial charge in [0.25, 0.3) is 0 Å². The van der Waals surface area contributed by atoms with Crippen molar-refractivity contribution in [2.75, 3.05) is 6.26 Å². The largest absolute Gasteiger partial charge is 0.335 e. The van der Waals surface area contributed by atoms with Crippen LogP contribution in [0.1, 0.15) is 6.92 Å². The Balaban J connectivity index is 3.69. The fourth-order valence-corrected chi connectivity index (χ4v) is 0.574. The highest BCUT2D eigenvalue weighted by molar-refractivity contribution is 7.96. The SMILES string of the molecule is CSN/C=C(/Cl)C(C)=N. The Morgan fingerprint density at radius 1 is 1.78 bits per heavy atom. The minimum atomic E-state index is 0.373. The highest BCUT2D eigenvalue weighted by Crippen LogP contribution is 2.01. The highest BCUT2D eigenvalue weighted by Gasteiger charge is 1.90. The van der Waals surface area contributed by atoms with Crippen molar-refractivity contribution in [2.45, 2.75) is 6.92 Å². The molecule has 0 aliphatic heterocycles. The molecule has 0 unspecified atom stereocenters. The zero-order chi connectivity index (χ0) is 7.28. The molecule has 0 aliphatic carbocycles. The molecule has 0 saturated heterocycles. The summed E-state index contributed by atoms with van der Waals surface area (Å²) in [6.45, 7) is 1.64. The van der Waals surface area contributed by atoms with Crippen LogP contribution in [0.4, 0.5) is 0 Å². The molecular formula is C5H9ClN2S. The van der Waals surface area contributed by atoms with Crippen LogP contribution in [0.25, 0.3) is 0 Å². The molecular weight excluding hydrogens is 156 g/mol. The Morgan fingerprint density at radius 3 is 2.67 bits per heavy atom. The number of allylic oxidation sites excluding steroid dienone is 1. The minimum Gasteiger partial charge on any atom is -0.335 e. The second-order valence-electron chi connectivity index (χ2n) is 1.44. The van der Waals surface area contributed by atoms with Gasteiger partial charge in [-0.2, -0.15) is 0 Å². The first-order chi connectivity index (χ1) is 4.18. The molecule has 0 aliphatic rings. The molecule has 52 valence electrons. The molecule has 2 nitrogen and oxygen atoms in total. The molecule has 9 heavy (non-hydrogen) atoms. The van der Waals surface area contributed by atoms with Gasteiger partial charge in [0.2, 0.25) is 0 Å². The van der Waals surface area contributed by atoms with Crippen LogP contribution >= 0.6 is 23.5 Å². The van der Waals surface area contributed by atoms with Gasteiger partial charge in [0.05, 0.1) is 5.03 Å². The van der Waals surface area contributed by atoms with Crippen LogP contribution in [-0.4, -0.2) is 12.0 Å². The molecule has 4 heteroatoms. The van der Waals surface area contributed by atoms with E-state index in [1.54, 1.807) is 13.1 Å². The summed E-state index contributed by atoms with van der Waals surface area (Å²) in [5.74, 6) is 0. The fraction of sp³-hybridized carbons (Fsp3) is 0.400. The number of hydrogen-bond acceptors (Lipinski definition) is 3. The molecule has 0 aromatic heterocycles. The minimum absolute atomic E-state index is 0.373.